The van der Waals surface area contributed by atoms with E-state index in [1.54, 1.807) is 7.11 Å². The van der Waals surface area contributed by atoms with E-state index in [0.717, 1.165) is 61.5 Å². The van der Waals surface area contributed by atoms with Gasteiger partial charge in [0.15, 0.2) is 5.82 Å². The highest BCUT2D eigenvalue weighted by Crippen LogP contribution is 2.35. The van der Waals surface area contributed by atoms with Gasteiger partial charge in [-0.05, 0) is 58.7 Å². The maximum atomic E-state index is 13.8. The number of nitrogens with zero attached hydrogens (tertiary/aromatic N) is 6. The molecule has 0 radical (unpaired) electrons. The second-order valence-corrected chi connectivity index (χ2v) is 12.0. The number of fused-ring (bicyclic) bond motifs is 1. The molecule has 226 valence electrons. The van der Waals surface area contributed by atoms with Gasteiger partial charge < -0.3 is 9.72 Å². The largest absolute Gasteiger partial charge is 0.497 e. The van der Waals surface area contributed by atoms with Crippen molar-refractivity contribution in [3.8, 4) is 5.75 Å². The summed E-state index contributed by atoms with van der Waals surface area (Å²) in [6, 6.07) is 29.2. The number of piperazine rings is 1. The summed E-state index contributed by atoms with van der Waals surface area (Å²) < 4.78 is 7.52. The molecule has 0 spiro atoms. The number of ether oxygens (including phenoxy) is 1. The maximum Gasteiger partial charge on any atom is 0.253 e. The molecule has 1 aliphatic heterocycles. The van der Waals surface area contributed by atoms with Crippen molar-refractivity contribution in [2.24, 2.45) is 0 Å². The zero-order valence-corrected chi connectivity index (χ0v) is 25.2. The summed E-state index contributed by atoms with van der Waals surface area (Å²) in [5, 5.41) is 14.2. The summed E-state index contributed by atoms with van der Waals surface area (Å²) in [7, 11) is 1.66. The molecule has 2 fully saturated rings. The quantitative estimate of drug-likeness (QED) is 0.255. The van der Waals surface area contributed by atoms with Crippen LogP contribution >= 0.6 is 0 Å². The number of hydrogen-bond acceptors (Lipinski definition) is 7. The van der Waals surface area contributed by atoms with Crippen molar-refractivity contribution in [2.45, 2.75) is 50.2 Å². The predicted octanol–water partition coefficient (Wildman–Crippen LogP) is 5.53. The predicted molar refractivity (Wildman–Crippen MR) is 171 cm³/mol. The number of H-pyrrole nitrogens is 1. The van der Waals surface area contributed by atoms with Crippen molar-refractivity contribution in [2.75, 3.05) is 33.3 Å². The number of pyridine rings is 1. The van der Waals surface area contributed by atoms with Gasteiger partial charge in [0, 0.05) is 42.6 Å². The highest BCUT2D eigenvalue weighted by molar-refractivity contribution is 5.80. The highest BCUT2D eigenvalue weighted by Gasteiger charge is 2.36. The topological polar surface area (TPSA) is 92.2 Å². The van der Waals surface area contributed by atoms with Crippen LogP contribution in [0.1, 0.15) is 72.7 Å². The number of tetrazole rings is 1. The van der Waals surface area contributed by atoms with Crippen LogP contribution in [0.2, 0.25) is 0 Å². The van der Waals surface area contributed by atoms with Gasteiger partial charge in [0.2, 0.25) is 0 Å². The lowest BCUT2D eigenvalue weighted by molar-refractivity contribution is 0.0845. The second kappa shape index (κ2) is 12.7. The van der Waals surface area contributed by atoms with E-state index >= 15 is 0 Å². The molecule has 0 amide bonds. The molecule has 1 unspecified atom stereocenters. The highest BCUT2D eigenvalue weighted by atomic mass is 16.5. The third-order valence-electron chi connectivity index (χ3n) is 9.37. The SMILES string of the molecule is COc1ccc2[nH]c(=O)c(C(c3nnnn3C3CCCCC3)N3CCN(C(c4ccccc4)c4ccccc4)CC3)cc2c1. The Morgan fingerprint density at radius 2 is 1.43 bits per heavy atom. The molecule has 9 heteroatoms. The van der Waals surface area contributed by atoms with Crippen LogP contribution in [0.25, 0.3) is 10.9 Å². The molecule has 1 aliphatic carbocycles. The second-order valence-electron chi connectivity index (χ2n) is 12.0. The smallest absolute Gasteiger partial charge is 0.253 e. The van der Waals surface area contributed by atoms with Crippen molar-refractivity contribution < 1.29 is 4.74 Å². The van der Waals surface area contributed by atoms with Crippen LogP contribution in [0.5, 0.6) is 5.75 Å². The third-order valence-corrected chi connectivity index (χ3v) is 9.37. The number of rotatable bonds is 8. The Balaban J connectivity index is 1.25. The summed E-state index contributed by atoms with van der Waals surface area (Å²) in [6.07, 6.45) is 5.70. The van der Waals surface area contributed by atoms with Gasteiger partial charge in [-0.15, -0.1) is 5.10 Å². The van der Waals surface area contributed by atoms with E-state index in [1.165, 1.54) is 30.4 Å². The van der Waals surface area contributed by atoms with Gasteiger partial charge in [-0.2, -0.15) is 0 Å². The van der Waals surface area contributed by atoms with E-state index in [0.29, 0.717) is 5.56 Å². The van der Waals surface area contributed by atoms with Crippen molar-refractivity contribution in [3.05, 3.63) is 118 Å². The Morgan fingerprint density at radius 1 is 0.795 bits per heavy atom. The molecule has 1 atom stereocenters. The van der Waals surface area contributed by atoms with Gasteiger partial charge in [-0.25, -0.2) is 4.68 Å². The Hall–Kier alpha value is -4.34. The number of aromatic amines is 1. The Bertz CT molecular complexity index is 1700. The molecule has 2 aromatic heterocycles. The monoisotopic (exact) mass is 589 g/mol. The average Bonchev–Trinajstić information content (AvgIpc) is 3.57. The van der Waals surface area contributed by atoms with Gasteiger partial charge in [0.05, 0.1) is 19.2 Å². The maximum absolute atomic E-state index is 13.8. The minimum atomic E-state index is -0.375. The number of methoxy groups -OCH3 is 1. The van der Waals surface area contributed by atoms with E-state index in [1.807, 2.05) is 28.9 Å². The molecule has 3 aromatic carbocycles. The van der Waals surface area contributed by atoms with Gasteiger partial charge in [0.25, 0.3) is 5.56 Å². The van der Waals surface area contributed by atoms with Crippen LogP contribution in [-0.4, -0.2) is 68.3 Å². The molecule has 1 saturated heterocycles. The normalized spacial score (nSPS) is 17.7. The van der Waals surface area contributed by atoms with Gasteiger partial charge in [-0.3, -0.25) is 14.6 Å². The van der Waals surface area contributed by atoms with Crippen LogP contribution in [0.15, 0.2) is 89.7 Å². The molecule has 9 nitrogen and oxygen atoms in total. The number of benzene rings is 3. The fraction of sp³-hybridized carbons (Fsp3) is 0.371. The Labute approximate surface area is 257 Å². The van der Waals surface area contributed by atoms with Crippen LogP contribution < -0.4 is 10.3 Å². The fourth-order valence-corrected chi connectivity index (χ4v) is 7.14. The molecule has 1 N–H and O–H groups in total. The summed E-state index contributed by atoms with van der Waals surface area (Å²) in [6.45, 7) is 3.23. The fourth-order valence-electron chi connectivity index (χ4n) is 7.14. The minimum Gasteiger partial charge on any atom is -0.497 e. The molecule has 0 bridgehead atoms. The molecule has 5 aromatic rings. The Morgan fingerprint density at radius 3 is 2.07 bits per heavy atom. The van der Waals surface area contributed by atoms with Gasteiger partial charge >= 0.3 is 0 Å². The molecule has 2 aliphatic rings. The number of hydrogen-bond donors (Lipinski definition) is 1. The number of nitrogens with one attached hydrogen (secondary N) is 1. The summed E-state index contributed by atoms with van der Waals surface area (Å²) in [4.78, 5) is 21.9. The zero-order chi connectivity index (χ0) is 29.9. The lowest BCUT2D eigenvalue weighted by atomic mass is 9.94. The van der Waals surface area contributed by atoms with Crippen molar-refractivity contribution in [3.63, 3.8) is 0 Å². The molecule has 3 heterocycles. The van der Waals surface area contributed by atoms with Crippen LogP contribution in [0.4, 0.5) is 0 Å². The number of aromatic nitrogens is 5. The van der Waals surface area contributed by atoms with Crippen molar-refractivity contribution in [1.82, 2.24) is 35.0 Å². The molecular weight excluding hydrogens is 550 g/mol. The van der Waals surface area contributed by atoms with Crippen molar-refractivity contribution >= 4 is 10.9 Å². The standard InChI is InChI=1S/C35H39N7O2/c1-44-29-17-18-31-27(23-29)24-30(35(43)36-31)33(34-37-38-39-42(34)28-15-9-4-10-16-28)41-21-19-40(20-22-41)32(25-11-5-2-6-12-25)26-13-7-3-8-14-26/h2-3,5-8,11-14,17-18,23-24,28,32-33H,4,9-10,15-16,19-22H2,1H3,(H,36,43). The van der Waals surface area contributed by atoms with E-state index in [9.17, 15) is 4.79 Å². The molecular formula is C35H39N7O2. The summed E-state index contributed by atoms with van der Waals surface area (Å²) >= 11 is 0. The molecule has 1 saturated carbocycles. The minimum absolute atomic E-state index is 0.111. The molecule has 44 heavy (non-hydrogen) atoms. The zero-order valence-electron chi connectivity index (χ0n) is 25.2. The third kappa shape index (κ3) is 5.65. The van der Waals surface area contributed by atoms with Gasteiger partial charge in [0.1, 0.15) is 11.8 Å². The van der Waals surface area contributed by atoms with Crippen molar-refractivity contribution in [1.29, 1.82) is 0 Å². The average molecular weight is 590 g/mol. The van der Waals surface area contributed by atoms with E-state index in [4.69, 9.17) is 4.74 Å². The lowest BCUT2D eigenvalue weighted by Gasteiger charge is -2.42. The van der Waals surface area contributed by atoms with E-state index in [-0.39, 0.29) is 23.7 Å². The lowest BCUT2D eigenvalue weighted by Crippen LogP contribution is -2.50. The first-order chi connectivity index (χ1) is 21.7. The first kappa shape index (κ1) is 28.4. The van der Waals surface area contributed by atoms with Crippen LogP contribution in [0, 0.1) is 0 Å². The van der Waals surface area contributed by atoms with E-state index < -0.39 is 0 Å². The Kier molecular flexibility index (Phi) is 8.22. The first-order valence-corrected chi connectivity index (χ1v) is 15.8. The van der Waals surface area contributed by atoms with Crippen LogP contribution in [-0.2, 0) is 0 Å². The van der Waals surface area contributed by atoms with Crippen LogP contribution in [0.3, 0.4) is 0 Å². The molecule has 7 rings (SSSR count). The summed E-state index contributed by atoms with van der Waals surface area (Å²) in [5.41, 5.74) is 3.90. The first-order valence-electron chi connectivity index (χ1n) is 15.8. The summed E-state index contributed by atoms with van der Waals surface area (Å²) in [5.74, 6) is 1.50. The van der Waals surface area contributed by atoms with E-state index in [2.05, 4.69) is 91.0 Å². The van der Waals surface area contributed by atoms with Gasteiger partial charge in [-0.1, -0.05) is 79.9 Å².